The van der Waals surface area contributed by atoms with Crippen molar-refractivity contribution in [2.75, 3.05) is 5.32 Å². The first-order valence-corrected chi connectivity index (χ1v) is 8.16. The van der Waals surface area contributed by atoms with Crippen LogP contribution in [0.4, 0.5) is 5.69 Å². The van der Waals surface area contributed by atoms with Gasteiger partial charge in [0, 0.05) is 22.8 Å². The molecule has 0 spiro atoms. The van der Waals surface area contributed by atoms with Crippen LogP contribution in [0.15, 0.2) is 48.7 Å². The molecule has 0 aliphatic rings. The second-order valence-electron chi connectivity index (χ2n) is 6.23. The van der Waals surface area contributed by atoms with Gasteiger partial charge in [0.1, 0.15) is 6.54 Å². The molecule has 0 saturated carbocycles. The number of nitrogens with one attached hydrogen (secondary N) is 1. The van der Waals surface area contributed by atoms with Crippen LogP contribution in [0, 0.1) is 13.8 Å². The molecule has 1 heterocycles. The lowest BCUT2D eigenvalue weighted by Crippen LogP contribution is -2.23. The summed E-state index contributed by atoms with van der Waals surface area (Å²) in [4.78, 5) is 35.7. The average molecular weight is 349 g/mol. The van der Waals surface area contributed by atoms with Crippen molar-refractivity contribution < 1.29 is 14.4 Å². The number of ketones is 1. The summed E-state index contributed by atoms with van der Waals surface area (Å²) in [5, 5.41) is 3.44. The van der Waals surface area contributed by atoms with E-state index in [0.717, 1.165) is 11.1 Å². The number of carbonyl (C=O) groups is 3. The van der Waals surface area contributed by atoms with Crippen molar-refractivity contribution in [3.8, 4) is 0 Å². The molecule has 3 aromatic rings. The molecule has 0 aliphatic heterocycles. The van der Waals surface area contributed by atoms with E-state index >= 15 is 0 Å². The van der Waals surface area contributed by atoms with E-state index in [0.29, 0.717) is 16.6 Å². The van der Waals surface area contributed by atoms with Crippen LogP contribution in [0.25, 0.3) is 10.9 Å². The number of aromatic nitrogens is 1. The Morgan fingerprint density at radius 3 is 2.46 bits per heavy atom. The first kappa shape index (κ1) is 17.4. The van der Waals surface area contributed by atoms with Crippen LogP contribution in [-0.4, -0.2) is 22.2 Å². The molecule has 1 aromatic heterocycles. The van der Waals surface area contributed by atoms with Gasteiger partial charge in [-0.05, 0) is 43.2 Å². The predicted molar refractivity (Wildman–Crippen MR) is 100 cm³/mol. The fraction of sp³-hybridized carbons (Fsp3) is 0.150. The zero-order valence-corrected chi connectivity index (χ0v) is 14.6. The van der Waals surface area contributed by atoms with Crippen molar-refractivity contribution in [3.05, 3.63) is 65.4 Å². The van der Waals surface area contributed by atoms with Gasteiger partial charge < -0.3 is 15.6 Å². The van der Waals surface area contributed by atoms with E-state index in [1.165, 1.54) is 6.20 Å². The molecular formula is C20H19N3O3. The zero-order chi connectivity index (χ0) is 18.8. The standard InChI is InChI=1S/C20H19N3O3/c1-12-7-8-14(9-13(12)2)22-18(24)11-23-10-16(19(25)20(21)26)15-5-3-4-6-17(15)23/h3-10H,11H2,1-2H3,(H2,21,26)(H,22,24). The lowest BCUT2D eigenvalue weighted by molar-refractivity contribution is -0.116. The molecule has 6 nitrogen and oxygen atoms in total. The van der Waals surface area contributed by atoms with Crippen molar-refractivity contribution in [2.45, 2.75) is 20.4 Å². The summed E-state index contributed by atoms with van der Waals surface area (Å²) >= 11 is 0. The third-order valence-corrected chi connectivity index (χ3v) is 4.36. The maximum atomic E-state index is 12.4. The summed E-state index contributed by atoms with van der Waals surface area (Å²) in [5.41, 5.74) is 8.95. The molecule has 0 radical (unpaired) electrons. The Kier molecular flexibility index (Phi) is 4.58. The van der Waals surface area contributed by atoms with Gasteiger partial charge in [-0.2, -0.15) is 0 Å². The minimum absolute atomic E-state index is 0.0134. The van der Waals surface area contributed by atoms with Crippen molar-refractivity contribution in [1.29, 1.82) is 0 Å². The molecule has 0 fully saturated rings. The molecule has 2 aromatic carbocycles. The van der Waals surface area contributed by atoms with Gasteiger partial charge in [-0.15, -0.1) is 0 Å². The lowest BCUT2D eigenvalue weighted by atomic mass is 10.1. The minimum Gasteiger partial charge on any atom is -0.363 e. The molecule has 3 N–H and O–H groups in total. The number of anilines is 1. The number of carbonyl (C=O) groups excluding carboxylic acids is 3. The first-order valence-electron chi connectivity index (χ1n) is 8.16. The summed E-state index contributed by atoms with van der Waals surface area (Å²) in [6.07, 6.45) is 1.50. The lowest BCUT2D eigenvalue weighted by Gasteiger charge is -2.09. The Morgan fingerprint density at radius 1 is 1.04 bits per heavy atom. The Bertz CT molecular complexity index is 1030. The number of hydrogen-bond acceptors (Lipinski definition) is 3. The summed E-state index contributed by atoms with van der Waals surface area (Å²) in [6.45, 7) is 4.00. The average Bonchev–Trinajstić information content (AvgIpc) is 2.96. The molecule has 6 heteroatoms. The number of hydrogen-bond donors (Lipinski definition) is 2. The van der Waals surface area contributed by atoms with Gasteiger partial charge in [0.15, 0.2) is 0 Å². The second kappa shape index (κ2) is 6.84. The van der Waals surface area contributed by atoms with Gasteiger partial charge in [-0.25, -0.2) is 0 Å². The summed E-state index contributed by atoms with van der Waals surface area (Å²) in [5.74, 6) is -2.02. The summed E-state index contributed by atoms with van der Waals surface area (Å²) in [7, 11) is 0. The van der Waals surface area contributed by atoms with E-state index in [4.69, 9.17) is 5.73 Å². The quantitative estimate of drug-likeness (QED) is 0.547. The zero-order valence-electron chi connectivity index (χ0n) is 14.6. The Morgan fingerprint density at radius 2 is 1.77 bits per heavy atom. The third-order valence-electron chi connectivity index (χ3n) is 4.36. The number of benzene rings is 2. The van der Waals surface area contributed by atoms with Gasteiger partial charge in [-0.3, -0.25) is 14.4 Å². The molecule has 132 valence electrons. The fourth-order valence-electron chi connectivity index (χ4n) is 2.87. The van der Waals surface area contributed by atoms with Crippen LogP contribution >= 0.6 is 0 Å². The maximum absolute atomic E-state index is 12.4. The van der Waals surface area contributed by atoms with Crippen LogP contribution in [0.3, 0.4) is 0 Å². The van der Waals surface area contributed by atoms with E-state index in [9.17, 15) is 14.4 Å². The van der Waals surface area contributed by atoms with Crippen LogP contribution in [0.1, 0.15) is 21.5 Å². The van der Waals surface area contributed by atoms with Gasteiger partial charge >= 0.3 is 0 Å². The van der Waals surface area contributed by atoms with Gasteiger partial charge in [-0.1, -0.05) is 24.3 Å². The normalized spacial score (nSPS) is 10.7. The van der Waals surface area contributed by atoms with Crippen LogP contribution < -0.4 is 11.1 Å². The highest BCUT2D eigenvalue weighted by molar-refractivity contribution is 6.44. The number of nitrogens with two attached hydrogens (primary N) is 1. The van der Waals surface area contributed by atoms with Crippen molar-refractivity contribution in [1.82, 2.24) is 4.57 Å². The monoisotopic (exact) mass is 349 g/mol. The highest BCUT2D eigenvalue weighted by Crippen LogP contribution is 2.22. The highest BCUT2D eigenvalue weighted by atomic mass is 16.2. The SMILES string of the molecule is Cc1ccc(NC(=O)Cn2cc(C(=O)C(N)=O)c3ccccc32)cc1C. The molecule has 2 amide bonds. The summed E-state index contributed by atoms with van der Waals surface area (Å²) < 4.78 is 1.64. The van der Waals surface area contributed by atoms with Gasteiger partial charge in [0.05, 0.1) is 5.56 Å². The second-order valence-corrected chi connectivity index (χ2v) is 6.23. The predicted octanol–water partition coefficient (Wildman–Crippen LogP) is 2.56. The third kappa shape index (κ3) is 3.35. The molecule has 0 atom stereocenters. The fourth-order valence-corrected chi connectivity index (χ4v) is 2.87. The molecule has 0 bridgehead atoms. The first-order chi connectivity index (χ1) is 12.4. The van der Waals surface area contributed by atoms with Gasteiger partial charge in [0.2, 0.25) is 5.91 Å². The molecule has 3 rings (SSSR count). The Labute approximate surface area is 150 Å². The molecule has 0 saturated heterocycles. The Balaban J connectivity index is 1.88. The highest BCUT2D eigenvalue weighted by Gasteiger charge is 2.19. The smallest absolute Gasteiger partial charge is 0.289 e. The molecule has 0 unspecified atom stereocenters. The number of nitrogens with zero attached hydrogens (tertiary/aromatic N) is 1. The van der Waals surface area contributed by atoms with Gasteiger partial charge in [0.25, 0.3) is 11.7 Å². The number of para-hydroxylation sites is 1. The van der Waals surface area contributed by atoms with E-state index in [1.807, 2.05) is 32.0 Å². The van der Waals surface area contributed by atoms with Crippen molar-refractivity contribution in [2.24, 2.45) is 5.73 Å². The Hall–Kier alpha value is -3.41. The van der Waals surface area contributed by atoms with E-state index in [-0.39, 0.29) is 18.0 Å². The van der Waals surface area contributed by atoms with Crippen molar-refractivity contribution >= 4 is 34.2 Å². The number of fused-ring (bicyclic) bond motifs is 1. The number of rotatable bonds is 5. The number of Topliss-reactive ketones (excluding diaryl/α,β-unsaturated/α-hetero) is 1. The topological polar surface area (TPSA) is 94.2 Å². The number of aryl methyl sites for hydroxylation is 2. The molecule has 26 heavy (non-hydrogen) atoms. The maximum Gasteiger partial charge on any atom is 0.289 e. The van der Waals surface area contributed by atoms with E-state index < -0.39 is 11.7 Å². The van der Waals surface area contributed by atoms with Crippen LogP contribution in [-0.2, 0) is 16.1 Å². The largest absolute Gasteiger partial charge is 0.363 e. The molecule has 0 aliphatic carbocycles. The van der Waals surface area contributed by atoms with E-state index in [2.05, 4.69) is 5.32 Å². The van der Waals surface area contributed by atoms with Crippen molar-refractivity contribution in [3.63, 3.8) is 0 Å². The summed E-state index contributed by atoms with van der Waals surface area (Å²) in [6, 6.07) is 12.8. The molecular weight excluding hydrogens is 330 g/mol. The number of primary amides is 1. The minimum atomic E-state index is -1.02. The van der Waals surface area contributed by atoms with Crippen LogP contribution in [0.2, 0.25) is 0 Å². The van der Waals surface area contributed by atoms with E-state index in [1.54, 1.807) is 28.8 Å². The number of amides is 2. The van der Waals surface area contributed by atoms with Crippen LogP contribution in [0.5, 0.6) is 0 Å².